The van der Waals surface area contributed by atoms with Crippen molar-refractivity contribution in [2.24, 2.45) is 0 Å². The van der Waals surface area contributed by atoms with Crippen molar-refractivity contribution in [3.63, 3.8) is 0 Å². The van der Waals surface area contributed by atoms with Gasteiger partial charge in [0.25, 0.3) is 0 Å². The molecule has 1 aliphatic rings. The summed E-state index contributed by atoms with van der Waals surface area (Å²) < 4.78 is 0. The zero-order chi connectivity index (χ0) is 5.98. The van der Waals surface area contributed by atoms with Crippen molar-refractivity contribution in [1.82, 2.24) is 10.6 Å². The first-order valence-electron chi connectivity index (χ1n) is 2.32. The van der Waals surface area contributed by atoms with Crippen LogP contribution >= 0.6 is 0 Å². The third-order valence-corrected chi connectivity index (χ3v) is 0.892. The Morgan fingerprint density at radius 3 is 2.00 bits per heavy atom. The first-order valence-corrected chi connectivity index (χ1v) is 2.32. The SMILES string of the molecule is O=C1CNC(=O)NC1. The average Bonchev–Trinajstić information content (AvgIpc) is 1.77. The Kier molecular flexibility index (Phi) is 1.15. The van der Waals surface area contributed by atoms with Crippen molar-refractivity contribution < 1.29 is 9.59 Å². The van der Waals surface area contributed by atoms with E-state index in [1.807, 2.05) is 0 Å². The first kappa shape index (κ1) is 5.08. The van der Waals surface area contributed by atoms with E-state index in [-0.39, 0.29) is 24.9 Å². The van der Waals surface area contributed by atoms with Crippen molar-refractivity contribution in [1.29, 1.82) is 0 Å². The number of carbonyl (C=O) groups is 2. The highest BCUT2D eigenvalue weighted by atomic mass is 16.2. The fraction of sp³-hybridized carbons (Fsp3) is 0.500. The third-order valence-electron chi connectivity index (χ3n) is 0.892. The second-order valence-corrected chi connectivity index (χ2v) is 1.57. The van der Waals surface area contributed by atoms with Crippen molar-refractivity contribution >= 4 is 11.8 Å². The summed E-state index contributed by atoms with van der Waals surface area (Å²) in [4.78, 5) is 20.6. The molecule has 4 heteroatoms. The van der Waals surface area contributed by atoms with Gasteiger partial charge >= 0.3 is 6.03 Å². The number of nitrogens with one attached hydrogen (secondary N) is 2. The fourth-order valence-corrected chi connectivity index (χ4v) is 0.483. The van der Waals surface area contributed by atoms with Crippen LogP contribution in [0, 0.1) is 0 Å². The number of rotatable bonds is 0. The summed E-state index contributed by atoms with van der Waals surface area (Å²) in [6, 6.07) is -0.260. The maximum Gasteiger partial charge on any atom is 0.315 e. The lowest BCUT2D eigenvalue weighted by molar-refractivity contribution is -0.117. The molecule has 0 bridgehead atoms. The van der Waals surface area contributed by atoms with E-state index >= 15 is 0 Å². The minimum Gasteiger partial charge on any atom is -0.331 e. The van der Waals surface area contributed by atoms with Gasteiger partial charge in [0, 0.05) is 0 Å². The van der Waals surface area contributed by atoms with Gasteiger partial charge < -0.3 is 10.6 Å². The second kappa shape index (κ2) is 1.81. The summed E-state index contributed by atoms with van der Waals surface area (Å²) in [6.45, 7) is 0.345. The maximum atomic E-state index is 10.3. The molecule has 0 aliphatic carbocycles. The number of hydrogen-bond donors (Lipinski definition) is 2. The van der Waals surface area contributed by atoms with Gasteiger partial charge in [-0.25, -0.2) is 4.79 Å². The van der Waals surface area contributed by atoms with E-state index in [1.165, 1.54) is 0 Å². The summed E-state index contributed by atoms with van der Waals surface area (Å²) in [5.74, 6) is 0.0181. The quantitative estimate of drug-likeness (QED) is 0.418. The highest BCUT2D eigenvalue weighted by Crippen LogP contribution is 1.75. The van der Waals surface area contributed by atoms with Crippen LogP contribution in [-0.4, -0.2) is 24.9 Å². The van der Waals surface area contributed by atoms with Crippen LogP contribution in [-0.2, 0) is 4.79 Å². The largest absolute Gasteiger partial charge is 0.331 e. The van der Waals surface area contributed by atoms with Gasteiger partial charge in [-0.15, -0.1) is 0 Å². The van der Waals surface area contributed by atoms with Crippen molar-refractivity contribution in [3.05, 3.63) is 0 Å². The fourth-order valence-electron chi connectivity index (χ4n) is 0.483. The Morgan fingerprint density at radius 1 is 1.12 bits per heavy atom. The highest BCUT2D eigenvalue weighted by molar-refractivity contribution is 5.92. The second-order valence-electron chi connectivity index (χ2n) is 1.57. The molecular weight excluding hydrogens is 108 g/mol. The molecule has 1 aliphatic heterocycles. The Morgan fingerprint density at radius 2 is 1.62 bits per heavy atom. The van der Waals surface area contributed by atoms with Gasteiger partial charge in [-0.05, 0) is 0 Å². The molecule has 0 saturated carbocycles. The molecule has 1 saturated heterocycles. The van der Waals surface area contributed by atoms with Gasteiger partial charge in [-0.2, -0.15) is 0 Å². The molecule has 1 rings (SSSR count). The van der Waals surface area contributed by atoms with Crippen LogP contribution in [0.5, 0.6) is 0 Å². The Balaban J connectivity index is 2.40. The van der Waals surface area contributed by atoms with Crippen LogP contribution in [0.2, 0.25) is 0 Å². The smallest absolute Gasteiger partial charge is 0.315 e. The van der Waals surface area contributed by atoms with E-state index in [2.05, 4.69) is 10.6 Å². The lowest BCUT2D eigenvalue weighted by Crippen LogP contribution is -2.48. The van der Waals surface area contributed by atoms with E-state index in [1.54, 1.807) is 0 Å². The average molecular weight is 114 g/mol. The molecule has 0 atom stereocenters. The Labute approximate surface area is 46.3 Å². The molecule has 4 nitrogen and oxygen atoms in total. The Hall–Kier alpha value is -1.06. The van der Waals surface area contributed by atoms with E-state index < -0.39 is 0 Å². The standard InChI is InChI=1S/C4H6N2O2/c7-3-1-5-4(8)6-2-3/h1-2H2,(H2,5,6,8). The molecule has 0 aromatic carbocycles. The van der Waals surface area contributed by atoms with Gasteiger partial charge in [-0.1, -0.05) is 0 Å². The summed E-state index contributed by atoms with van der Waals surface area (Å²) in [7, 11) is 0. The molecule has 0 aromatic rings. The molecule has 8 heavy (non-hydrogen) atoms. The maximum absolute atomic E-state index is 10.3. The molecule has 2 amide bonds. The molecule has 0 aromatic heterocycles. The van der Waals surface area contributed by atoms with Gasteiger partial charge in [-0.3, -0.25) is 4.79 Å². The van der Waals surface area contributed by atoms with Gasteiger partial charge in [0.2, 0.25) is 0 Å². The topological polar surface area (TPSA) is 58.2 Å². The number of hydrogen-bond acceptors (Lipinski definition) is 2. The number of amides is 2. The lowest BCUT2D eigenvalue weighted by Gasteiger charge is -2.10. The van der Waals surface area contributed by atoms with Crippen LogP contribution in [0.1, 0.15) is 0 Å². The molecule has 1 fully saturated rings. The first-order chi connectivity index (χ1) is 3.79. The molecule has 2 N–H and O–H groups in total. The normalized spacial score (nSPS) is 19.5. The van der Waals surface area contributed by atoms with E-state index in [9.17, 15) is 9.59 Å². The van der Waals surface area contributed by atoms with Gasteiger partial charge in [0.15, 0.2) is 5.78 Å². The number of carbonyl (C=O) groups excluding carboxylic acids is 2. The van der Waals surface area contributed by atoms with E-state index in [4.69, 9.17) is 0 Å². The summed E-state index contributed by atoms with van der Waals surface area (Å²) in [6.07, 6.45) is 0. The summed E-state index contributed by atoms with van der Waals surface area (Å²) in [5, 5.41) is 4.66. The molecular formula is C4H6N2O2. The van der Waals surface area contributed by atoms with Gasteiger partial charge in [0.05, 0.1) is 13.1 Å². The Bertz CT molecular complexity index is 104. The number of ketones is 1. The third kappa shape index (κ3) is 0.959. The van der Waals surface area contributed by atoms with Crippen molar-refractivity contribution in [3.8, 4) is 0 Å². The molecule has 1 heterocycles. The molecule has 0 unspecified atom stereocenters. The highest BCUT2D eigenvalue weighted by Gasteiger charge is 2.11. The summed E-state index contributed by atoms with van der Waals surface area (Å²) >= 11 is 0. The molecule has 44 valence electrons. The monoisotopic (exact) mass is 114 g/mol. The van der Waals surface area contributed by atoms with Crippen molar-refractivity contribution in [2.75, 3.05) is 13.1 Å². The minimum absolute atomic E-state index is 0.0181. The van der Waals surface area contributed by atoms with Crippen molar-refractivity contribution in [2.45, 2.75) is 0 Å². The predicted molar refractivity (Wildman–Crippen MR) is 26.4 cm³/mol. The van der Waals surface area contributed by atoms with E-state index in [0.717, 1.165) is 0 Å². The van der Waals surface area contributed by atoms with Crippen LogP contribution in [0.25, 0.3) is 0 Å². The van der Waals surface area contributed by atoms with Crippen LogP contribution in [0.4, 0.5) is 4.79 Å². The summed E-state index contributed by atoms with van der Waals surface area (Å²) in [5.41, 5.74) is 0. The van der Waals surface area contributed by atoms with Crippen LogP contribution in [0.3, 0.4) is 0 Å². The predicted octanol–water partition coefficient (Wildman–Crippen LogP) is -1.13. The molecule has 0 spiro atoms. The lowest BCUT2D eigenvalue weighted by atomic mass is 10.3. The van der Waals surface area contributed by atoms with Crippen LogP contribution < -0.4 is 10.6 Å². The zero-order valence-corrected chi connectivity index (χ0v) is 4.23. The minimum atomic E-state index is -0.260. The van der Waals surface area contributed by atoms with Crippen LogP contribution in [0.15, 0.2) is 0 Å². The number of urea groups is 1. The number of Topliss-reactive ketones (excluding diaryl/α,β-unsaturated/α-hetero) is 1. The zero-order valence-electron chi connectivity index (χ0n) is 4.23. The van der Waals surface area contributed by atoms with Gasteiger partial charge in [0.1, 0.15) is 0 Å². The van der Waals surface area contributed by atoms with E-state index in [0.29, 0.717) is 0 Å². The molecule has 0 radical (unpaired) electrons.